The Morgan fingerprint density at radius 1 is 0.655 bits per heavy atom. The van der Waals surface area contributed by atoms with Gasteiger partial charge in [-0.1, -0.05) is 103 Å². The molecule has 5 aromatic rings. The first-order valence-corrected chi connectivity index (χ1v) is 10.5. The van der Waals surface area contributed by atoms with E-state index in [1.165, 1.54) is 16.3 Å². The van der Waals surface area contributed by atoms with Gasteiger partial charge in [-0.2, -0.15) is 0 Å². The number of benzene rings is 4. The lowest BCUT2D eigenvalue weighted by molar-refractivity contribution is 0.886. The standard InChI is InChI=1S/C25H19N3S/c1-3-11-20(12-4-1)24-26-27-25(28(24)22-15-5-2-6-16-22)29-18-21-14-9-13-19-10-7-8-17-23(19)21/h1-17H,18H2. The summed E-state index contributed by atoms with van der Waals surface area (Å²) in [6, 6.07) is 35.5. The van der Waals surface area contributed by atoms with E-state index in [1.807, 2.05) is 36.4 Å². The lowest BCUT2D eigenvalue weighted by Crippen LogP contribution is -1.99. The quantitative estimate of drug-likeness (QED) is 0.325. The van der Waals surface area contributed by atoms with Gasteiger partial charge in [0, 0.05) is 17.0 Å². The summed E-state index contributed by atoms with van der Waals surface area (Å²) in [5, 5.41) is 12.5. The third-order valence-corrected chi connectivity index (χ3v) is 5.89. The number of thioether (sulfide) groups is 1. The van der Waals surface area contributed by atoms with E-state index in [-0.39, 0.29) is 0 Å². The van der Waals surface area contributed by atoms with Gasteiger partial charge in [0.1, 0.15) is 0 Å². The predicted molar refractivity (Wildman–Crippen MR) is 120 cm³/mol. The summed E-state index contributed by atoms with van der Waals surface area (Å²) in [4.78, 5) is 0. The molecule has 0 aliphatic carbocycles. The highest BCUT2D eigenvalue weighted by Crippen LogP contribution is 2.31. The van der Waals surface area contributed by atoms with Gasteiger partial charge >= 0.3 is 0 Å². The number of aromatic nitrogens is 3. The molecule has 0 aliphatic rings. The molecule has 1 aromatic heterocycles. The van der Waals surface area contributed by atoms with Gasteiger partial charge in [-0.3, -0.25) is 4.57 Å². The lowest BCUT2D eigenvalue weighted by Gasteiger charge is -2.11. The zero-order valence-electron chi connectivity index (χ0n) is 15.8. The van der Waals surface area contributed by atoms with Crippen LogP contribution >= 0.6 is 11.8 Å². The molecule has 0 amide bonds. The topological polar surface area (TPSA) is 30.7 Å². The van der Waals surface area contributed by atoms with Crippen molar-refractivity contribution in [2.75, 3.05) is 0 Å². The molecular weight excluding hydrogens is 374 g/mol. The first kappa shape index (κ1) is 17.7. The molecule has 4 aromatic carbocycles. The number of para-hydroxylation sites is 1. The number of nitrogens with zero attached hydrogens (tertiary/aromatic N) is 3. The normalized spacial score (nSPS) is 11.0. The minimum Gasteiger partial charge on any atom is -0.270 e. The molecule has 0 fully saturated rings. The Morgan fingerprint density at radius 3 is 2.17 bits per heavy atom. The van der Waals surface area contributed by atoms with Crippen LogP contribution in [0.15, 0.2) is 108 Å². The van der Waals surface area contributed by atoms with Crippen LogP contribution < -0.4 is 0 Å². The SMILES string of the molecule is c1ccc(-c2nnc(SCc3cccc4ccccc34)n2-c2ccccc2)cc1. The van der Waals surface area contributed by atoms with Crippen LogP contribution in [0.5, 0.6) is 0 Å². The first-order valence-electron chi connectivity index (χ1n) is 9.56. The van der Waals surface area contributed by atoms with Gasteiger partial charge < -0.3 is 0 Å². The summed E-state index contributed by atoms with van der Waals surface area (Å²) < 4.78 is 2.14. The molecule has 0 N–H and O–H groups in total. The second-order valence-corrected chi connectivity index (χ2v) is 7.71. The average Bonchev–Trinajstić information content (AvgIpc) is 3.23. The smallest absolute Gasteiger partial charge is 0.196 e. The van der Waals surface area contributed by atoms with Crippen LogP contribution in [-0.4, -0.2) is 14.8 Å². The monoisotopic (exact) mass is 393 g/mol. The van der Waals surface area contributed by atoms with Crippen LogP contribution in [0.2, 0.25) is 0 Å². The fourth-order valence-corrected chi connectivity index (χ4v) is 4.46. The van der Waals surface area contributed by atoms with Crippen molar-refractivity contribution < 1.29 is 0 Å². The van der Waals surface area contributed by atoms with Gasteiger partial charge in [0.25, 0.3) is 0 Å². The highest BCUT2D eigenvalue weighted by Gasteiger charge is 2.16. The Bertz CT molecular complexity index is 1240. The molecule has 0 atom stereocenters. The Balaban J connectivity index is 1.54. The third-order valence-electron chi connectivity index (χ3n) is 4.92. The van der Waals surface area contributed by atoms with Gasteiger partial charge in [0.15, 0.2) is 11.0 Å². The summed E-state index contributed by atoms with van der Waals surface area (Å²) in [5.41, 5.74) is 3.43. The maximum absolute atomic E-state index is 4.54. The Labute approximate surface area is 174 Å². The van der Waals surface area contributed by atoms with Crippen molar-refractivity contribution in [3.63, 3.8) is 0 Å². The highest BCUT2D eigenvalue weighted by molar-refractivity contribution is 7.98. The van der Waals surface area contributed by atoms with Crippen LogP contribution in [0.25, 0.3) is 27.8 Å². The van der Waals surface area contributed by atoms with E-state index in [9.17, 15) is 0 Å². The van der Waals surface area contributed by atoms with Crippen molar-refractivity contribution in [2.45, 2.75) is 10.9 Å². The van der Waals surface area contributed by atoms with Crippen LogP contribution in [-0.2, 0) is 5.75 Å². The molecule has 0 bridgehead atoms. The van der Waals surface area contributed by atoms with Gasteiger partial charge in [-0.05, 0) is 28.5 Å². The maximum Gasteiger partial charge on any atom is 0.196 e. The van der Waals surface area contributed by atoms with E-state index in [2.05, 4.69) is 81.5 Å². The maximum atomic E-state index is 4.54. The summed E-state index contributed by atoms with van der Waals surface area (Å²) in [7, 11) is 0. The van der Waals surface area contributed by atoms with Crippen molar-refractivity contribution in [1.82, 2.24) is 14.8 Å². The molecule has 29 heavy (non-hydrogen) atoms. The van der Waals surface area contributed by atoms with Gasteiger partial charge in [-0.25, -0.2) is 0 Å². The van der Waals surface area contributed by atoms with E-state index in [0.717, 1.165) is 28.0 Å². The largest absolute Gasteiger partial charge is 0.270 e. The molecule has 4 heteroatoms. The van der Waals surface area contributed by atoms with Gasteiger partial charge in [-0.15, -0.1) is 10.2 Å². The molecule has 0 aliphatic heterocycles. The van der Waals surface area contributed by atoms with E-state index < -0.39 is 0 Å². The average molecular weight is 394 g/mol. The van der Waals surface area contributed by atoms with E-state index in [1.54, 1.807) is 11.8 Å². The minimum atomic E-state index is 0.834. The molecule has 3 nitrogen and oxygen atoms in total. The first-order chi connectivity index (χ1) is 14.4. The van der Waals surface area contributed by atoms with Gasteiger partial charge in [0.05, 0.1) is 0 Å². The van der Waals surface area contributed by atoms with Gasteiger partial charge in [0.2, 0.25) is 0 Å². The third kappa shape index (κ3) is 3.55. The van der Waals surface area contributed by atoms with Crippen LogP contribution in [0.1, 0.15) is 5.56 Å². The molecule has 140 valence electrons. The number of fused-ring (bicyclic) bond motifs is 1. The van der Waals surface area contributed by atoms with Crippen molar-refractivity contribution in [1.29, 1.82) is 0 Å². The van der Waals surface area contributed by atoms with Crippen LogP contribution in [0.3, 0.4) is 0 Å². The molecule has 0 saturated carbocycles. The summed E-state index contributed by atoms with van der Waals surface area (Å²) >= 11 is 1.71. The van der Waals surface area contributed by atoms with Crippen molar-refractivity contribution in [3.8, 4) is 17.1 Å². The fourth-order valence-electron chi connectivity index (χ4n) is 3.51. The molecule has 5 rings (SSSR count). The fraction of sp³-hybridized carbons (Fsp3) is 0.0400. The number of hydrogen-bond acceptors (Lipinski definition) is 3. The lowest BCUT2D eigenvalue weighted by atomic mass is 10.1. The van der Waals surface area contributed by atoms with Crippen molar-refractivity contribution in [3.05, 3.63) is 109 Å². The molecule has 0 saturated heterocycles. The van der Waals surface area contributed by atoms with E-state index in [0.29, 0.717) is 0 Å². The van der Waals surface area contributed by atoms with Crippen LogP contribution in [0.4, 0.5) is 0 Å². The second-order valence-electron chi connectivity index (χ2n) is 6.77. The number of hydrogen-bond donors (Lipinski definition) is 0. The highest BCUT2D eigenvalue weighted by atomic mass is 32.2. The van der Waals surface area contributed by atoms with E-state index >= 15 is 0 Å². The Kier molecular flexibility index (Phi) is 4.85. The molecule has 0 unspecified atom stereocenters. The molecule has 1 heterocycles. The predicted octanol–water partition coefficient (Wildman–Crippen LogP) is 6.38. The summed E-state index contributed by atoms with van der Waals surface area (Å²) in [6.07, 6.45) is 0. The van der Waals surface area contributed by atoms with Crippen molar-refractivity contribution >= 4 is 22.5 Å². The minimum absolute atomic E-state index is 0.834. The zero-order valence-corrected chi connectivity index (χ0v) is 16.6. The summed E-state index contributed by atoms with van der Waals surface area (Å²) in [5.74, 6) is 1.69. The Morgan fingerprint density at radius 2 is 1.34 bits per heavy atom. The Hall–Kier alpha value is -3.37. The van der Waals surface area contributed by atoms with Crippen molar-refractivity contribution in [2.24, 2.45) is 0 Å². The molecular formula is C25H19N3S. The molecule has 0 radical (unpaired) electrons. The van der Waals surface area contributed by atoms with E-state index in [4.69, 9.17) is 0 Å². The number of rotatable bonds is 5. The molecule has 0 spiro atoms. The zero-order chi connectivity index (χ0) is 19.5. The van der Waals surface area contributed by atoms with Crippen LogP contribution in [0, 0.1) is 0 Å². The summed E-state index contributed by atoms with van der Waals surface area (Å²) in [6.45, 7) is 0. The second kappa shape index (κ2) is 7.94.